The second-order valence-electron chi connectivity index (χ2n) is 5.86. The Labute approximate surface area is 310 Å². The van der Waals surface area contributed by atoms with Crippen molar-refractivity contribution in [3.05, 3.63) is 97.6 Å². The first-order valence-electron chi connectivity index (χ1n) is 10.1. The summed E-state index contributed by atoms with van der Waals surface area (Å²) in [5.41, 5.74) is 0. The van der Waals surface area contributed by atoms with E-state index in [0.29, 0.717) is 0 Å². The van der Waals surface area contributed by atoms with Crippen LogP contribution in [0.25, 0.3) is 0 Å². The maximum Gasteiger partial charge on any atom is 0.125 e. The van der Waals surface area contributed by atoms with Gasteiger partial charge in [0.25, 0.3) is 0 Å². The zero-order valence-corrected chi connectivity index (χ0v) is 30.5. The molecule has 4 aromatic heterocycles. The molecule has 18 heteroatoms. The summed E-state index contributed by atoms with van der Waals surface area (Å²) in [5, 5.41) is 11.7. The summed E-state index contributed by atoms with van der Waals surface area (Å²) < 4.78 is 0. The van der Waals surface area contributed by atoms with Gasteiger partial charge in [0.15, 0.2) is 0 Å². The molecule has 4 heterocycles. The molecule has 10 nitrogen and oxygen atoms in total. The Kier molecular flexibility index (Phi) is 79.9. The molecule has 0 saturated heterocycles. The molecule has 8 N–H and O–H groups in total. The maximum absolute atomic E-state index is 3.99. The van der Waals surface area contributed by atoms with E-state index in [2.05, 4.69) is 41.2 Å². The number of hydrogen-bond acceptors (Lipinski definition) is 8. The third-order valence-electron chi connectivity index (χ3n) is 3.68. The zero-order chi connectivity index (χ0) is 23.3. The number of halogens is 6. The SMILES string of the molecule is CNc1ccccn1.CNc1ccccn1.CNc1ccccn1.CNc1ccccn1.O.O.[Cl-].[Cl-].[Cl-].[Cl-].[Cl-].[Cl-].[V].[V]. The molecule has 0 aliphatic rings. The van der Waals surface area contributed by atoms with E-state index >= 15 is 0 Å². The molecule has 0 atom stereocenters. The van der Waals surface area contributed by atoms with Crippen molar-refractivity contribution >= 4 is 23.3 Å². The molecule has 242 valence electrons. The summed E-state index contributed by atoms with van der Waals surface area (Å²) in [6, 6.07) is 23.0. The summed E-state index contributed by atoms with van der Waals surface area (Å²) >= 11 is 0. The number of aromatic nitrogens is 4. The van der Waals surface area contributed by atoms with Crippen LogP contribution in [0, 0.1) is 0 Å². The molecule has 0 spiro atoms. The van der Waals surface area contributed by atoms with Crippen LogP contribution in [0.3, 0.4) is 0 Å². The van der Waals surface area contributed by atoms with Gasteiger partial charge in [-0.15, -0.1) is 0 Å². The van der Waals surface area contributed by atoms with Crippen molar-refractivity contribution < 1.29 is 123 Å². The minimum atomic E-state index is 0. The zero-order valence-electron chi connectivity index (χ0n) is 23.2. The standard InChI is InChI=1S/4C6H8N2.6ClH.2H2O.2V/c4*1-7-6-4-2-3-5-8-6;;;;;;;;;;/h4*2-5H,1H3,(H,7,8);6*1H;2*1H2;;/p-6. The summed E-state index contributed by atoms with van der Waals surface area (Å²) in [6.45, 7) is 0. The number of hydrogen-bond donors (Lipinski definition) is 4. The van der Waals surface area contributed by atoms with Gasteiger partial charge in [-0.2, -0.15) is 0 Å². The molecular formula is C24H36Cl6N8O2V2-6. The van der Waals surface area contributed by atoms with Crippen molar-refractivity contribution in [2.24, 2.45) is 0 Å². The van der Waals surface area contributed by atoms with Crippen molar-refractivity contribution in [2.45, 2.75) is 0 Å². The molecule has 0 amide bonds. The van der Waals surface area contributed by atoms with Crippen molar-refractivity contribution in [2.75, 3.05) is 49.5 Å². The van der Waals surface area contributed by atoms with E-state index in [-0.39, 0.29) is 123 Å². The number of anilines is 4. The number of rotatable bonds is 4. The van der Waals surface area contributed by atoms with Gasteiger partial charge in [0.05, 0.1) is 0 Å². The summed E-state index contributed by atoms with van der Waals surface area (Å²) in [6.07, 6.45) is 7.02. The summed E-state index contributed by atoms with van der Waals surface area (Å²) in [7, 11) is 7.40. The molecule has 2 radical (unpaired) electrons. The summed E-state index contributed by atoms with van der Waals surface area (Å²) in [5.74, 6) is 3.64. The molecule has 4 aromatic rings. The molecular weight excluding hydrogens is 747 g/mol. The van der Waals surface area contributed by atoms with Gasteiger partial charge in [0.1, 0.15) is 23.3 Å². The molecule has 0 unspecified atom stereocenters. The number of nitrogens with one attached hydrogen (secondary N) is 4. The Morgan fingerprint density at radius 1 is 0.357 bits per heavy atom. The maximum atomic E-state index is 3.99. The Balaban J connectivity index is -0.0000000376. The normalized spacial score (nSPS) is 6.57. The van der Waals surface area contributed by atoms with Crippen LogP contribution in [-0.2, 0) is 37.1 Å². The third-order valence-corrected chi connectivity index (χ3v) is 3.68. The van der Waals surface area contributed by atoms with E-state index in [9.17, 15) is 0 Å². The molecule has 0 fully saturated rings. The molecule has 4 rings (SSSR count). The van der Waals surface area contributed by atoms with Crippen LogP contribution in [0.15, 0.2) is 97.6 Å². The first-order valence-corrected chi connectivity index (χ1v) is 10.1. The van der Waals surface area contributed by atoms with Crippen LogP contribution in [0.1, 0.15) is 0 Å². The number of pyridine rings is 4. The van der Waals surface area contributed by atoms with Gasteiger partial charge in [0, 0.05) is 90.1 Å². The van der Waals surface area contributed by atoms with E-state index in [1.54, 1.807) is 24.8 Å². The Morgan fingerprint density at radius 2 is 0.524 bits per heavy atom. The second-order valence-corrected chi connectivity index (χ2v) is 5.86. The molecule has 0 bridgehead atoms. The largest absolute Gasteiger partial charge is 1.00 e. The quantitative estimate of drug-likeness (QED) is 0.159. The van der Waals surface area contributed by atoms with Gasteiger partial charge in [-0.05, 0) is 48.5 Å². The van der Waals surface area contributed by atoms with E-state index in [4.69, 9.17) is 0 Å². The van der Waals surface area contributed by atoms with Crippen molar-refractivity contribution in [1.82, 2.24) is 19.9 Å². The van der Waals surface area contributed by atoms with E-state index in [1.807, 2.05) is 101 Å². The van der Waals surface area contributed by atoms with Gasteiger partial charge >= 0.3 is 0 Å². The fraction of sp³-hybridized carbons (Fsp3) is 0.167. The average Bonchev–Trinajstić information content (AvgIpc) is 2.91. The molecule has 0 aromatic carbocycles. The van der Waals surface area contributed by atoms with Gasteiger partial charge in [-0.3, -0.25) is 0 Å². The van der Waals surface area contributed by atoms with Crippen molar-refractivity contribution in [1.29, 1.82) is 0 Å². The van der Waals surface area contributed by atoms with Crippen LogP contribution in [0.5, 0.6) is 0 Å². The van der Waals surface area contributed by atoms with Gasteiger partial charge in [-0.1, -0.05) is 24.3 Å². The third kappa shape index (κ3) is 36.7. The number of nitrogens with zero attached hydrogens (tertiary/aromatic N) is 4. The minimum Gasteiger partial charge on any atom is -1.00 e. The molecule has 0 aliphatic carbocycles. The van der Waals surface area contributed by atoms with Crippen LogP contribution in [0.2, 0.25) is 0 Å². The first-order chi connectivity index (χ1) is 15.7. The first kappa shape index (κ1) is 68.0. The fourth-order valence-corrected chi connectivity index (χ4v) is 2.04. The Morgan fingerprint density at radius 3 is 0.595 bits per heavy atom. The predicted molar refractivity (Wildman–Crippen MR) is 142 cm³/mol. The average molecular weight is 783 g/mol. The Hall–Kier alpha value is -1.37. The molecule has 42 heavy (non-hydrogen) atoms. The van der Waals surface area contributed by atoms with Gasteiger partial charge < -0.3 is 107 Å². The topological polar surface area (TPSA) is 163 Å². The van der Waals surface area contributed by atoms with E-state index in [1.165, 1.54) is 0 Å². The minimum absolute atomic E-state index is 0. The van der Waals surface area contributed by atoms with Crippen LogP contribution in [-0.4, -0.2) is 59.1 Å². The summed E-state index contributed by atoms with van der Waals surface area (Å²) in [4.78, 5) is 15.9. The smallest absolute Gasteiger partial charge is 0.125 e. The van der Waals surface area contributed by atoms with Crippen LogP contribution >= 0.6 is 0 Å². The fourth-order valence-electron chi connectivity index (χ4n) is 2.04. The van der Waals surface area contributed by atoms with Crippen molar-refractivity contribution in [3.8, 4) is 0 Å². The second kappa shape index (κ2) is 49.3. The van der Waals surface area contributed by atoms with Crippen LogP contribution in [0.4, 0.5) is 23.3 Å². The monoisotopic (exact) mass is 780 g/mol. The predicted octanol–water partition coefficient (Wildman–Crippen LogP) is -15.1. The van der Waals surface area contributed by atoms with Gasteiger partial charge in [-0.25, -0.2) is 19.9 Å². The molecule has 0 aliphatic heterocycles. The van der Waals surface area contributed by atoms with E-state index in [0.717, 1.165) is 23.3 Å². The van der Waals surface area contributed by atoms with Crippen molar-refractivity contribution in [3.63, 3.8) is 0 Å². The Bertz CT molecular complexity index is 796. The van der Waals surface area contributed by atoms with Crippen LogP contribution < -0.4 is 95.7 Å². The van der Waals surface area contributed by atoms with Gasteiger partial charge in [0.2, 0.25) is 0 Å². The molecule has 0 saturated carbocycles. The van der Waals surface area contributed by atoms with E-state index < -0.39 is 0 Å².